The quantitative estimate of drug-likeness (QED) is 0.691. The van der Waals surface area contributed by atoms with Crippen LogP contribution in [0.5, 0.6) is 0 Å². The molecule has 94 valence electrons. The van der Waals surface area contributed by atoms with Gasteiger partial charge in [-0.1, -0.05) is 30.3 Å². The average molecular weight is 248 g/mol. The molecule has 2 heterocycles. The van der Waals surface area contributed by atoms with Gasteiger partial charge in [0.05, 0.1) is 5.69 Å². The summed E-state index contributed by atoms with van der Waals surface area (Å²) in [4.78, 5) is 4.22. The first kappa shape index (κ1) is 11.7. The van der Waals surface area contributed by atoms with Gasteiger partial charge in [-0.25, -0.2) is 0 Å². The van der Waals surface area contributed by atoms with Crippen molar-refractivity contribution in [3.8, 4) is 11.3 Å². The maximum absolute atomic E-state index is 4.22. The highest BCUT2D eigenvalue weighted by Crippen LogP contribution is 2.25. The highest BCUT2D eigenvalue weighted by molar-refractivity contribution is 5.64. The molecule has 0 saturated heterocycles. The summed E-state index contributed by atoms with van der Waals surface area (Å²) in [5, 5.41) is 0. The summed E-state index contributed by atoms with van der Waals surface area (Å²) in [7, 11) is 2.08. The molecule has 0 bridgehead atoms. The Kier molecular flexibility index (Phi) is 3.15. The number of rotatable bonds is 3. The number of aryl methyl sites for hydroxylation is 1. The van der Waals surface area contributed by atoms with Gasteiger partial charge < -0.3 is 4.57 Å². The van der Waals surface area contributed by atoms with Gasteiger partial charge in [0.1, 0.15) is 0 Å². The van der Waals surface area contributed by atoms with Crippen molar-refractivity contribution in [3.63, 3.8) is 0 Å². The molecule has 2 aromatic heterocycles. The minimum Gasteiger partial charge on any atom is -0.350 e. The molecule has 0 fully saturated rings. The predicted octanol–water partition coefficient (Wildman–Crippen LogP) is 3.68. The van der Waals surface area contributed by atoms with Crippen LogP contribution in [-0.2, 0) is 13.5 Å². The van der Waals surface area contributed by atoms with Crippen molar-refractivity contribution < 1.29 is 0 Å². The van der Waals surface area contributed by atoms with Gasteiger partial charge in [-0.3, -0.25) is 4.98 Å². The Labute approximate surface area is 113 Å². The highest BCUT2D eigenvalue weighted by atomic mass is 14.9. The molecule has 0 aliphatic heterocycles. The van der Waals surface area contributed by atoms with Crippen LogP contribution in [-0.4, -0.2) is 9.55 Å². The minimum absolute atomic E-state index is 0.950. The van der Waals surface area contributed by atoms with Gasteiger partial charge in [-0.15, -0.1) is 0 Å². The van der Waals surface area contributed by atoms with Crippen LogP contribution < -0.4 is 0 Å². The second-order valence-electron chi connectivity index (χ2n) is 4.70. The number of nitrogens with zero attached hydrogens (tertiary/aromatic N) is 2. The van der Waals surface area contributed by atoms with Gasteiger partial charge in [0.2, 0.25) is 0 Å². The zero-order chi connectivity index (χ0) is 13.1. The van der Waals surface area contributed by atoms with E-state index in [9.17, 15) is 0 Å². The lowest BCUT2D eigenvalue weighted by Crippen LogP contribution is -1.95. The van der Waals surface area contributed by atoms with Crippen molar-refractivity contribution >= 4 is 0 Å². The molecule has 0 aliphatic rings. The summed E-state index contributed by atoms with van der Waals surface area (Å²) in [6.45, 7) is 0. The largest absolute Gasteiger partial charge is 0.350 e. The van der Waals surface area contributed by atoms with E-state index in [-0.39, 0.29) is 0 Å². The van der Waals surface area contributed by atoms with Gasteiger partial charge in [-0.05, 0) is 35.7 Å². The molecule has 0 amide bonds. The number of benzene rings is 1. The van der Waals surface area contributed by atoms with E-state index in [2.05, 4.69) is 65.3 Å². The van der Waals surface area contributed by atoms with E-state index < -0.39 is 0 Å². The SMILES string of the molecule is Cn1ccc(Cc2ccccc2)c1-c1cccnc1. The van der Waals surface area contributed by atoms with Crippen molar-refractivity contribution in [2.75, 3.05) is 0 Å². The summed E-state index contributed by atoms with van der Waals surface area (Å²) in [5.74, 6) is 0. The molecule has 0 aliphatic carbocycles. The van der Waals surface area contributed by atoms with Crippen LogP contribution in [0.3, 0.4) is 0 Å². The van der Waals surface area contributed by atoms with E-state index in [1.165, 1.54) is 22.4 Å². The second-order valence-corrected chi connectivity index (χ2v) is 4.70. The lowest BCUT2D eigenvalue weighted by atomic mass is 10.0. The Morgan fingerprint density at radius 2 is 1.84 bits per heavy atom. The Hall–Kier alpha value is -2.35. The summed E-state index contributed by atoms with van der Waals surface area (Å²) >= 11 is 0. The van der Waals surface area contributed by atoms with E-state index in [4.69, 9.17) is 0 Å². The van der Waals surface area contributed by atoms with Crippen LogP contribution in [0.4, 0.5) is 0 Å². The van der Waals surface area contributed by atoms with Crippen LogP contribution in [0.1, 0.15) is 11.1 Å². The van der Waals surface area contributed by atoms with Gasteiger partial charge in [0, 0.05) is 31.2 Å². The van der Waals surface area contributed by atoms with Gasteiger partial charge in [-0.2, -0.15) is 0 Å². The van der Waals surface area contributed by atoms with E-state index in [0.717, 1.165) is 6.42 Å². The summed E-state index contributed by atoms with van der Waals surface area (Å²) in [5.41, 5.74) is 5.08. The fourth-order valence-electron chi connectivity index (χ4n) is 2.43. The average Bonchev–Trinajstić information content (AvgIpc) is 2.82. The zero-order valence-corrected chi connectivity index (χ0v) is 11.0. The van der Waals surface area contributed by atoms with Crippen molar-refractivity contribution in [1.82, 2.24) is 9.55 Å². The molecular formula is C17H16N2. The third-order valence-corrected chi connectivity index (χ3v) is 3.33. The van der Waals surface area contributed by atoms with Crippen LogP contribution in [0, 0.1) is 0 Å². The van der Waals surface area contributed by atoms with Crippen LogP contribution in [0.15, 0.2) is 67.1 Å². The first-order chi connectivity index (χ1) is 9.34. The fourth-order valence-corrected chi connectivity index (χ4v) is 2.43. The fraction of sp³-hybridized carbons (Fsp3) is 0.118. The molecule has 2 nitrogen and oxygen atoms in total. The molecule has 1 aromatic carbocycles. The lowest BCUT2D eigenvalue weighted by molar-refractivity contribution is 0.930. The number of hydrogen-bond acceptors (Lipinski definition) is 1. The van der Waals surface area contributed by atoms with Crippen LogP contribution >= 0.6 is 0 Å². The van der Waals surface area contributed by atoms with E-state index >= 15 is 0 Å². The van der Waals surface area contributed by atoms with Crippen molar-refractivity contribution in [2.24, 2.45) is 7.05 Å². The molecule has 0 saturated carbocycles. The monoisotopic (exact) mass is 248 g/mol. The minimum atomic E-state index is 0.950. The van der Waals surface area contributed by atoms with Gasteiger partial charge in [0.25, 0.3) is 0 Å². The summed E-state index contributed by atoms with van der Waals surface area (Å²) in [6.07, 6.45) is 6.79. The standard InChI is InChI=1S/C17H16N2/c1-19-11-9-15(12-14-6-3-2-4-7-14)17(19)16-8-5-10-18-13-16/h2-11,13H,12H2,1H3. The normalized spacial score (nSPS) is 10.6. The van der Waals surface area contributed by atoms with E-state index in [1.54, 1.807) is 0 Å². The first-order valence-electron chi connectivity index (χ1n) is 6.43. The molecule has 19 heavy (non-hydrogen) atoms. The van der Waals surface area contributed by atoms with E-state index in [1.807, 2.05) is 18.5 Å². The summed E-state index contributed by atoms with van der Waals surface area (Å²) in [6, 6.07) is 16.8. The smallest absolute Gasteiger partial charge is 0.0529 e. The van der Waals surface area contributed by atoms with Crippen LogP contribution in [0.25, 0.3) is 11.3 Å². The first-order valence-corrected chi connectivity index (χ1v) is 6.43. The van der Waals surface area contributed by atoms with Crippen LogP contribution in [0.2, 0.25) is 0 Å². The lowest BCUT2D eigenvalue weighted by Gasteiger charge is -2.08. The zero-order valence-electron chi connectivity index (χ0n) is 11.0. The molecule has 0 atom stereocenters. The molecule has 0 unspecified atom stereocenters. The molecular weight excluding hydrogens is 232 g/mol. The number of hydrogen-bond donors (Lipinski definition) is 0. The van der Waals surface area contributed by atoms with Gasteiger partial charge in [0.15, 0.2) is 0 Å². The predicted molar refractivity (Wildman–Crippen MR) is 77.9 cm³/mol. The Bertz CT molecular complexity index is 654. The van der Waals surface area contributed by atoms with Crippen molar-refractivity contribution in [3.05, 3.63) is 78.2 Å². The maximum Gasteiger partial charge on any atom is 0.0529 e. The Morgan fingerprint density at radius 3 is 2.58 bits per heavy atom. The number of pyridine rings is 1. The Balaban J connectivity index is 2.00. The molecule has 3 rings (SSSR count). The molecule has 0 spiro atoms. The molecule has 3 aromatic rings. The third kappa shape index (κ3) is 2.43. The maximum atomic E-state index is 4.22. The Morgan fingerprint density at radius 1 is 1.00 bits per heavy atom. The van der Waals surface area contributed by atoms with Gasteiger partial charge >= 0.3 is 0 Å². The van der Waals surface area contributed by atoms with E-state index in [0.29, 0.717) is 0 Å². The third-order valence-electron chi connectivity index (χ3n) is 3.33. The highest BCUT2D eigenvalue weighted by Gasteiger charge is 2.09. The number of aromatic nitrogens is 2. The van der Waals surface area contributed by atoms with Crippen molar-refractivity contribution in [2.45, 2.75) is 6.42 Å². The van der Waals surface area contributed by atoms with Crippen molar-refractivity contribution in [1.29, 1.82) is 0 Å². The summed E-state index contributed by atoms with van der Waals surface area (Å²) < 4.78 is 2.16. The molecule has 0 N–H and O–H groups in total. The second kappa shape index (κ2) is 5.11. The molecule has 2 heteroatoms. The molecule has 0 radical (unpaired) electrons. The topological polar surface area (TPSA) is 17.8 Å².